The molecule has 1 aromatic carbocycles. The third kappa shape index (κ3) is 2.98. The van der Waals surface area contributed by atoms with Crippen molar-refractivity contribution in [1.29, 1.82) is 0 Å². The van der Waals surface area contributed by atoms with Gasteiger partial charge in [0.2, 0.25) is 5.82 Å². The topological polar surface area (TPSA) is 82.8 Å². The molecule has 0 unspecified atom stereocenters. The zero-order chi connectivity index (χ0) is 15.4. The summed E-state index contributed by atoms with van der Waals surface area (Å²) in [4.78, 5) is 17.0. The first-order chi connectivity index (χ1) is 10.8. The number of ether oxygens (including phenoxy) is 1. The van der Waals surface area contributed by atoms with Crippen LogP contribution in [0.2, 0.25) is 0 Å². The van der Waals surface area contributed by atoms with Crippen LogP contribution in [0.15, 0.2) is 48.7 Å². The SMILES string of the molecule is COC(=O)c1ccc(Cn2nnc(-c3ccccc3)n2)nc1. The summed E-state index contributed by atoms with van der Waals surface area (Å²) in [5.41, 5.74) is 2.04. The summed E-state index contributed by atoms with van der Waals surface area (Å²) < 4.78 is 4.63. The van der Waals surface area contributed by atoms with Crippen molar-refractivity contribution in [3.63, 3.8) is 0 Å². The Labute approximate surface area is 126 Å². The molecule has 0 atom stereocenters. The molecule has 0 saturated heterocycles. The Morgan fingerprint density at radius 1 is 1.18 bits per heavy atom. The average Bonchev–Trinajstić information content (AvgIpc) is 3.04. The van der Waals surface area contributed by atoms with Gasteiger partial charge in [-0.25, -0.2) is 4.79 Å². The van der Waals surface area contributed by atoms with Gasteiger partial charge in [0.05, 0.1) is 18.4 Å². The van der Waals surface area contributed by atoms with E-state index in [-0.39, 0.29) is 0 Å². The minimum Gasteiger partial charge on any atom is -0.465 e. The fraction of sp³-hybridized carbons (Fsp3) is 0.133. The van der Waals surface area contributed by atoms with Crippen molar-refractivity contribution in [2.75, 3.05) is 7.11 Å². The number of methoxy groups -OCH3 is 1. The van der Waals surface area contributed by atoms with E-state index in [1.54, 1.807) is 12.1 Å². The number of nitrogens with zero attached hydrogens (tertiary/aromatic N) is 5. The van der Waals surface area contributed by atoms with Gasteiger partial charge in [-0.2, -0.15) is 4.80 Å². The zero-order valence-corrected chi connectivity index (χ0v) is 11.9. The standard InChI is InChI=1S/C15H13N5O2/c1-22-15(21)12-7-8-13(16-9-12)10-20-18-14(17-19-20)11-5-3-2-4-6-11/h2-9H,10H2,1H3. The lowest BCUT2D eigenvalue weighted by atomic mass is 10.2. The Hall–Kier alpha value is -3.09. The van der Waals surface area contributed by atoms with E-state index in [2.05, 4.69) is 25.1 Å². The Bertz CT molecular complexity index is 768. The average molecular weight is 295 g/mol. The molecule has 0 aliphatic rings. The van der Waals surface area contributed by atoms with E-state index in [1.165, 1.54) is 18.1 Å². The molecule has 7 heteroatoms. The number of hydrogen-bond acceptors (Lipinski definition) is 6. The first kappa shape index (κ1) is 13.9. The number of carbonyl (C=O) groups is 1. The smallest absolute Gasteiger partial charge is 0.339 e. The van der Waals surface area contributed by atoms with E-state index < -0.39 is 5.97 Å². The molecule has 2 aromatic heterocycles. The lowest BCUT2D eigenvalue weighted by molar-refractivity contribution is 0.0600. The summed E-state index contributed by atoms with van der Waals surface area (Å²) in [5, 5.41) is 12.3. The fourth-order valence-electron chi connectivity index (χ4n) is 1.91. The van der Waals surface area contributed by atoms with Gasteiger partial charge in [0.25, 0.3) is 0 Å². The Morgan fingerprint density at radius 3 is 2.68 bits per heavy atom. The number of carbonyl (C=O) groups excluding carboxylic acids is 1. The minimum absolute atomic E-state index is 0.376. The second-order valence-corrected chi connectivity index (χ2v) is 4.54. The van der Waals surface area contributed by atoms with Gasteiger partial charge >= 0.3 is 5.97 Å². The maximum atomic E-state index is 11.3. The van der Waals surface area contributed by atoms with E-state index in [9.17, 15) is 4.79 Å². The molecule has 3 rings (SSSR count). The molecule has 0 fully saturated rings. The van der Waals surface area contributed by atoms with Gasteiger partial charge in [-0.15, -0.1) is 10.2 Å². The van der Waals surface area contributed by atoms with Crippen LogP contribution < -0.4 is 0 Å². The summed E-state index contributed by atoms with van der Waals surface area (Å²) in [6, 6.07) is 13.0. The lowest BCUT2D eigenvalue weighted by Gasteiger charge is -2.01. The molecule has 3 aromatic rings. The molecular formula is C15H13N5O2. The summed E-state index contributed by atoms with van der Waals surface area (Å²) >= 11 is 0. The third-order valence-electron chi connectivity index (χ3n) is 3.03. The molecule has 0 radical (unpaired) electrons. The molecule has 0 N–H and O–H groups in total. The molecule has 0 aliphatic carbocycles. The number of aromatic nitrogens is 5. The van der Waals surface area contributed by atoms with Crippen LogP contribution in [-0.4, -0.2) is 38.3 Å². The summed E-state index contributed by atoms with van der Waals surface area (Å²) in [6.07, 6.45) is 1.47. The summed E-state index contributed by atoms with van der Waals surface area (Å²) in [5.74, 6) is 0.149. The molecule has 22 heavy (non-hydrogen) atoms. The van der Waals surface area contributed by atoms with Crippen molar-refractivity contribution >= 4 is 5.97 Å². The number of benzene rings is 1. The van der Waals surface area contributed by atoms with Crippen molar-refractivity contribution in [1.82, 2.24) is 25.2 Å². The van der Waals surface area contributed by atoms with Crippen molar-refractivity contribution in [3.8, 4) is 11.4 Å². The Morgan fingerprint density at radius 2 is 2.00 bits per heavy atom. The van der Waals surface area contributed by atoms with E-state index in [1.807, 2.05) is 30.3 Å². The number of rotatable bonds is 4. The van der Waals surface area contributed by atoms with Gasteiger partial charge in [0.1, 0.15) is 6.54 Å². The van der Waals surface area contributed by atoms with Crippen LogP contribution in [0.1, 0.15) is 16.1 Å². The Kier molecular flexibility index (Phi) is 3.86. The molecule has 0 bridgehead atoms. The predicted molar refractivity (Wildman–Crippen MR) is 77.9 cm³/mol. The highest BCUT2D eigenvalue weighted by atomic mass is 16.5. The van der Waals surface area contributed by atoms with Crippen LogP contribution in [0.5, 0.6) is 0 Å². The highest BCUT2D eigenvalue weighted by molar-refractivity contribution is 5.88. The van der Waals surface area contributed by atoms with Crippen molar-refractivity contribution in [2.24, 2.45) is 0 Å². The normalized spacial score (nSPS) is 10.4. The highest BCUT2D eigenvalue weighted by Gasteiger charge is 2.08. The van der Waals surface area contributed by atoms with Gasteiger partial charge in [-0.3, -0.25) is 4.98 Å². The van der Waals surface area contributed by atoms with E-state index >= 15 is 0 Å². The first-order valence-electron chi connectivity index (χ1n) is 6.63. The number of esters is 1. The van der Waals surface area contributed by atoms with Gasteiger partial charge in [-0.05, 0) is 17.3 Å². The minimum atomic E-state index is -0.413. The second-order valence-electron chi connectivity index (χ2n) is 4.54. The van der Waals surface area contributed by atoms with Crippen molar-refractivity contribution in [3.05, 3.63) is 59.9 Å². The van der Waals surface area contributed by atoms with Gasteiger partial charge < -0.3 is 4.74 Å². The van der Waals surface area contributed by atoms with Crippen LogP contribution in [0.3, 0.4) is 0 Å². The summed E-state index contributed by atoms with van der Waals surface area (Å²) in [7, 11) is 1.33. The van der Waals surface area contributed by atoms with Gasteiger partial charge in [-0.1, -0.05) is 30.3 Å². The molecule has 2 heterocycles. The van der Waals surface area contributed by atoms with Gasteiger partial charge in [0.15, 0.2) is 0 Å². The van der Waals surface area contributed by atoms with E-state index in [4.69, 9.17) is 0 Å². The van der Waals surface area contributed by atoms with Crippen LogP contribution in [-0.2, 0) is 11.3 Å². The lowest BCUT2D eigenvalue weighted by Crippen LogP contribution is -2.07. The molecule has 7 nitrogen and oxygen atoms in total. The monoisotopic (exact) mass is 295 g/mol. The molecule has 0 aliphatic heterocycles. The fourth-order valence-corrected chi connectivity index (χ4v) is 1.91. The number of hydrogen-bond donors (Lipinski definition) is 0. The highest BCUT2D eigenvalue weighted by Crippen LogP contribution is 2.12. The third-order valence-corrected chi connectivity index (χ3v) is 3.03. The molecule has 110 valence electrons. The quantitative estimate of drug-likeness (QED) is 0.679. The van der Waals surface area contributed by atoms with Crippen LogP contribution in [0.25, 0.3) is 11.4 Å². The van der Waals surface area contributed by atoms with Crippen molar-refractivity contribution in [2.45, 2.75) is 6.54 Å². The largest absolute Gasteiger partial charge is 0.465 e. The predicted octanol–water partition coefficient (Wildman–Crippen LogP) is 1.57. The maximum absolute atomic E-state index is 11.3. The van der Waals surface area contributed by atoms with Gasteiger partial charge in [0, 0.05) is 11.8 Å². The molecule has 0 amide bonds. The number of pyridine rings is 1. The zero-order valence-electron chi connectivity index (χ0n) is 11.9. The first-order valence-corrected chi connectivity index (χ1v) is 6.63. The van der Waals surface area contributed by atoms with Crippen LogP contribution in [0, 0.1) is 0 Å². The van der Waals surface area contributed by atoms with Crippen LogP contribution >= 0.6 is 0 Å². The van der Waals surface area contributed by atoms with Crippen LogP contribution in [0.4, 0.5) is 0 Å². The van der Waals surface area contributed by atoms with E-state index in [0.717, 1.165) is 11.3 Å². The second kappa shape index (κ2) is 6.13. The number of tetrazole rings is 1. The maximum Gasteiger partial charge on any atom is 0.339 e. The Balaban J connectivity index is 1.74. The van der Waals surface area contributed by atoms with Crippen molar-refractivity contribution < 1.29 is 9.53 Å². The van der Waals surface area contributed by atoms with E-state index in [0.29, 0.717) is 17.9 Å². The molecule has 0 spiro atoms. The molecule has 0 saturated carbocycles. The molecular weight excluding hydrogens is 282 g/mol. The summed E-state index contributed by atoms with van der Waals surface area (Å²) in [6.45, 7) is 0.376.